The Morgan fingerprint density at radius 1 is 1.05 bits per heavy atom. The average Bonchev–Trinajstić information content (AvgIpc) is 3.47. The number of carboxylic acid groups (broad SMARTS) is 1. The molecule has 0 radical (unpaired) electrons. The van der Waals surface area contributed by atoms with Crippen LogP contribution in [0.5, 0.6) is 0 Å². The summed E-state index contributed by atoms with van der Waals surface area (Å²) in [6, 6.07) is 13.7. The number of anilines is 2. The third-order valence-corrected chi connectivity index (χ3v) is 8.79. The number of hydrogen-bond acceptors (Lipinski definition) is 5. The van der Waals surface area contributed by atoms with E-state index in [2.05, 4.69) is 44.1 Å². The van der Waals surface area contributed by atoms with Crippen molar-refractivity contribution in [3.8, 4) is 11.1 Å². The maximum Gasteiger partial charge on any atom is 0.339 e. The van der Waals surface area contributed by atoms with E-state index in [1.165, 1.54) is 4.68 Å². The largest absolute Gasteiger partial charge is 0.478 e. The van der Waals surface area contributed by atoms with Crippen LogP contribution in [0.15, 0.2) is 48.7 Å². The maximum absolute atomic E-state index is 13.9. The van der Waals surface area contributed by atoms with E-state index in [9.17, 15) is 23.1 Å². The quantitative estimate of drug-likeness (QED) is 0.341. The van der Waals surface area contributed by atoms with E-state index in [-0.39, 0.29) is 5.92 Å². The molecule has 0 bridgehead atoms. The Labute approximate surface area is 242 Å². The highest BCUT2D eigenvalue weighted by Gasteiger charge is 2.39. The second-order valence-electron chi connectivity index (χ2n) is 11.2. The second kappa shape index (κ2) is 11.6. The number of halogens is 4. The summed E-state index contributed by atoms with van der Waals surface area (Å²) in [6.45, 7) is 5.65. The summed E-state index contributed by atoms with van der Waals surface area (Å²) in [5.74, 6) is -1.19. The molecule has 2 saturated heterocycles. The molecule has 3 atom stereocenters. The van der Waals surface area contributed by atoms with Gasteiger partial charge in [0.1, 0.15) is 17.4 Å². The molecular weight excluding hydrogens is 555 g/mol. The molecule has 0 amide bonds. The molecule has 3 fully saturated rings. The molecule has 11 heteroatoms. The molecule has 1 saturated carbocycles. The van der Waals surface area contributed by atoms with Gasteiger partial charge in [-0.05, 0) is 49.1 Å². The van der Waals surface area contributed by atoms with Crippen LogP contribution < -0.4 is 9.80 Å². The smallest absolute Gasteiger partial charge is 0.339 e. The number of piperidine rings is 1. The molecule has 41 heavy (non-hydrogen) atoms. The van der Waals surface area contributed by atoms with Gasteiger partial charge in [-0.1, -0.05) is 29.8 Å². The minimum absolute atomic E-state index is 0.220. The predicted molar refractivity (Wildman–Crippen MR) is 153 cm³/mol. The van der Waals surface area contributed by atoms with E-state index >= 15 is 0 Å². The number of aromatic carboxylic acids is 1. The Balaban J connectivity index is 1.19. The normalized spacial score (nSPS) is 23.3. The summed E-state index contributed by atoms with van der Waals surface area (Å²) in [4.78, 5) is 18.3. The van der Waals surface area contributed by atoms with Gasteiger partial charge in [-0.25, -0.2) is 18.0 Å². The highest BCUT2D eigenvalue weighted by molar-refractivity contribution is 6.31. The SMILES string of the molecule is O=C(O)c1cnn(C2CCCN(c3cc(Cl)ccc3-c3ccc(N4CCN(C[C@@H]5C[C@H]5F)CC4)cc3)C2)c1C(F)F. The molecule has 1 unspecified atom stereocenters. The highest BCUT2D eigenvalue weighted by Crippen LogP contribution is 2.38. The number of benzene rings is 2. The molecule has 3 heterocycles. The van der Waals surface area contributed by atoms with Gasteiger partial charge < -0.3 is 14.9 Å². The van der Waals surface area contributed by atoms with Crippen LogP contribution in [0.1, 0.15) is 47.8 Å². The van der Waals surface area contributed by atoms with Gasteiger partial charge in [-0.3, -0.25) is 9.58 Å². The maximum atomic E-state index is 13.9. The van der Waals surface area contributed by atoms with Crippen LogP contribution in [0.4, 0.5) is 24.5 Å². The van der Waals surface area contributed by atoms with Crippen LogP contribution >= 0.6 is 11.6 Å². The fourth-order valence-corrected chi connectivity index (χ4v) is 6.37. The molecule has 1 aromatic heterocycles. The van der Waals surface area contributed by atoms with Crippen LogP contribution in [0.3, 0.4) is 0 Å². The topological polar surface area (TPSA) is 64.8 Å². The lowest BCUT2D eigenvalue weighted by molar-refractivity contribution is 0.0681. The molecule has 1 N–H and O–H groups in total. The van der Waals surface area contributed by atoms with Gasteiger partial charge in [-0.15, -0.1) is 0 Å². The van der Waals surface area contributed by atoms with Crippen LogP contribution in [-0.2, 0) is 0 Å². The Kier molecular flexibility index (Phi) is 7.87. The average molecular weight is 588 g/mol. The van der Waals surface area contributed by atoms with Crippen molar-refractivity contribution in [3.05, 3.63) is 64.9 Å². The fourth-order valence-electron chi connectivity index (χ4n) is 6.20. The standard InChI is InChI=1S/C30H33ClF3N5O2/c31-21-5-8-24(19-3-6-22(7-4-19)37-12-10-36(11-13-37)17-20-14-26(20)32)27(15-21)38-9-1-2-23(18-38)39-28(29(33)34)25(16-35-39)30(40)41/h3-8,15-16,20,23,26,29H,1-2,9-14,17-18H2,(H,40,41)/t20-,23?,26+/m0/s1. The third-order valence-electron chi connectivity index (χ3n) is 8.56. The van der Waals surface area contributed by atoms with Crippen LogP contribution in [0.25, 0.3) is 11.1 Å². The predicted octanol–water partition coefficient (Wildman–Crippen LogP) is 6.16. The molecule has 3 aromatic rings. The Morgan fingerprint density at radius 2 is 1.78 bits per heavy atom. The summed E-state index contributed by atoms with van der Waals surface area (Å²) >= 11 is 6.42. The summed E-state index contributed by atoms with van der Waals surface area (Å²) in [6.07, 6.45) is -0.481. The van der Waals surface area contributed by atoms with Crippen molar-refractivity contribution in [1.82, 2.24) is 14.7 Å². The molecular formula is C30H33ClF3N5O2. The van der Waals surface area contributed by atoms with Crippen LogP contribution in [0, 0.1) is 5.92 Å². The number of carboxylic acids is 1. The summed E-state index contributed by atoms with van der Waals surface area (Å²) in [7, 11) is 0. The van der Waals surface area contributed by atoms with Gasteiger partial charge in [0, 0.05) is 73.7 Å². The Morgan fingerprint density at radius 3 is 2.44 bits per heavy atom. The molecule has 3 aliphatic rings. The van der Waals surface area contributed by atoms with Crippen molar-refractivity contribution < 1.29 is 23.1 Å². The van der Waals surface area contributed by atoms with Gasteiger partial charge in [0.2, 0.25) is 0 Å². The second-order valence-corrected chi connectivity index (χ2v) is 11.7. The molecule has 6 rings (SSSR count). The highest BCUT2D eigenvalue weighted by atomic mass is 35.5. The molecule has 0 spiro atoms. The summed E-state index contributed by atoms with van der Waals surface area (Å²) < 4.78 is 42.2. The van der Waals surface area contributed by atoms with E-state index < -0.39 is 35.9 Å². The number of carbonyl (C=O) groups is 1. The van der Waals surface area contributed by atoms with Crippen LogP contribution in [0.2, 0.25) is 5.02 Å². The van der Waals surface area contributed by atoms with Gasteiger partial charge in [0.05, 0.1) is 12.2 Å². The van der Waals surface area contributed by atoms with E-state index in [1.54, 1.807) is 0 Å². The molecule has 1 aliphatic carbocycles. The third kappa shape index (κ3) is 5.90. The lowest BCUT2D eigenvalue weighted by atomic mass is 9.99. The van der Waals surface area contributed by atoms with Crippen molar-refractivity contribution in [2.24, 2.45) is 5.92 Å². The lowest BCUT2D eigenvalue weighted by Gasteiger charge is -2.37. The first-order chi connectivity index (χ1) is 19.8. The zero-order valence-corrected chi connectivity index (χ0v) is 23.4. The number of alkyl halides is 3. The van der Waals surface area contributed by atoms with Gasteiger partial charge in [-0.2, -0.15) is 5.10 Å². The summed E-state index contributed by atoms with van der Waals surface area (Å²) in [5.41, 5.74) is 3.04. The lowest BCUT2D eigenvalue weighted by Crippen LogP contribution is -2.47. The van der Waals surface area contributed by atoms with Crippen molar-refractivity contribution in [2.45, 2.75) is 37.9 Å². The van der Waals surface area contributed by atoms with Crippen molar-refractivity contribution in [2.75, 3.05) is 55.6 Å². The molecule has 2 aromatic carbocycles. The summed E-state index contributed by atoms with van der Waals surface area (Å²) in [5, 5.41) is 14.0. The van der Waals surface area contributed by atoms with Gasteiger partial charge >= 0.3 is 5.97 Å². The number of hydrogen-bond donors (Lipinski definition) is 1. The Hall–Kier alpha value is -3.24. The fraction of sp³-hybridized carbons (Fsp3) is 0.467. The molecule has 7 nitrogen and oxygen atoms in total. The van der Waals surface area contributed by atoms with Gasteiger partial charge in [0.15, 0.2) is 0 Å². The van der Waals surface area contributed by atoms with Gasteiger partial charge in [0.25, 0.3) is 6.43 Å². The minimum Gasteiger partial charge on any atom is -0.478 e. The van der Waals surface area contributed by atoms with E-state index in [0.29, 0.717) is 31.0 Å². The number of piperazine rings is 1. The zero-order valence-electron chi connectivity index (χ0n) is 22.6. The molecule has 218 valence electrons. The first-order valence-corrected chi connectivity index (χ1v) is 14.5. The number of rotatable bonds is 8. The molecule has 2 aliphatic heterocycles. The van der Waals surface area contributed by atoms with Crippen molar-refractivity contribution in [3.63, 3.8) is 0 Å². The van der Waals surface area contributed by atoms with E-state index in [1.807, 2.05) is 18.2 Å². The van der Waals surface area contributed by atoms with E-state index in [4.69, 9.17) is 11.6 Å². The van der Waals surface area contributed by atoms with Crippen molar-refractivity contribution >= 4 is 28.9 Å². The first-order valence-electron chi connectivity index (χ1n) is 14.1. The Bertz CT molecular complexity index is 1390. The first kappa shape index (κ1) is 27.9. The monoisotopic (exact) mass is 587 g/mol. The number of nitrogens with zero attached hydrogens (tertiary/aromatic N) is 5. The number of aromatic nitrogens is 2. The van der Waals surface area contributed by atoms with Crippen LogP contribution in [-0.4, -0.2) is 77.7 Å². The minimum atomic E-state index is -2.94. The zero-order chi connectivity index (χ0) is 28.7. The van der Waals surface area contributed by atoms with E-state index in [0.717, 1.165) is 67.8 Å². The van der Waals surface area contributed by atoms with Crippen molar-refractivity contribution in [1.29, 1.82) is 0 Å².